The lowest BCUT2D eigenvalue weighted by Crippen LogP contribution is -2.16. The summed E-state index contributed by atoms with van der Waals surface area (Å²) >= 11 is 6.35. The number of rotatable bonds is 5. The largest absolute Gasteiger partial charge is 0.460 e. The minimum Gasteiger partial charge on any atom is -0.460 e. The summed E-state index contributed by atoms with van der Waals surface area (Å²) in [5.74, 6) is -0.793. The molecule has 7 heteroatoms. The molecule has 1 saturated heterocycles. The highest BCUT2D eigenvalue weighted by Crippen LogP contribution is 2.25. The number of esters is 1. The molecule has 0 N–H and O–H groups in total. The third kappa shape index (κ3) is 4.27. The Kier molecular flexibility index (Phi) is 5.50. The van der Waals surface area contributed by atoms with Crippen LogP contribution in [-0.2, 0) is 14.3 Å². The fraction of sp³-hybridized carbons (Fsp3) is 0.333. The maximum absolute atomic E-state index is 13.0. The Morgan fingerprint density at radius 3 is 2.92 bits per heavy atom. The lowest BCUT2D eigenvalue weighted by Gasteiger charge is -2.08. The molecule has 1 fully saturated rings. The quantitative estimate of drug-likeness (QED) is 0.599. The Balaban J connectivity index is 1.69. The van der Waals surface area contributed by atoms with Crippen LogP contribution in [0.3, 0.4) is 0 Å². The molecular formula is C18H18ClFN2O3. The molecule has 1 atom stereocenters. The molecule has 25 heavy (non-hydrogen) atoms. The number of aromatic nitrogens is 2. The predicted molar refractivity (Wildman–Crippen MR) is 92.2 cm³/mol. The van der Waals surface area contributed by atoms with Gasteiger partial charge < -0.3 is 9.47 Å². The van der Waals surface area contributed by atoms with Crippen LogP contribution in [0.5, 0.6) is 0 Å². The SMILES string of the molecule is Cc1nn(-c2ccc(F)cc2)c(Cl)c1/C=C/C(=O)OCC1CCCO1. The van der Waals surface area contributed by atoms with Crippen LogP contribution in [0, 0.1) is 12.7 Å². The average molecular weight is 365 g/mol. The Labute approximate surface area is 150 Å². The number of hydrogen-bond donors (Lipinski definition) is 0. The van der Waals surface area contributed by atoms with Crippen LogP contribution in [0.1, 0.15) is 24.1 Å². The lowest BCUT2D eigenvalue weighted by atomic mass is 10.2. The van der Waals surface area contributed by atoms with Gasteiger partial charge in [-0.25, -0.2) is 13.9 Å². The topological polar surface area (TPSA) is 53.4 Å². The molecule has 3 rings (SSSR count). The first-order chi connectivity index (χ1) is 12.0. The first-order valence-corrected chi connectivity index (χ1v) is 8.40. The van der Waals surface area contributed by atoms with E-state index in [0.717, 1.165) is 19.4 Å². The number of hydrogen-bond acceptors (Lipinski definition) is 4. The van der Waals surface area contributed by atoms with Crippen molar-refractivity contribution in [3.63, 3.8) is 0 Å². The maximum Gasteiger partial charge on any atom is 0.330 e. The lowest BCUT2D eigenvalue weighted by molar-refractivity contribution is -0.140. The molecule has 1 aliphatic rings. The van der Waals surface area contributed by atoms with E-state index in [4.69, 9.17) is 21.1 Å². The summed E-state index contributed by atoms with van der Waals surface area (Å²) in [6, 6.07) is 5.83. The van der Waals surface area contributed by atoms with Crippen molar-refractivity contribution in [3.8, 4) is 5.69 Å². The van der Waals surface area contributed by atoms with Crippen LogP contribution in [0.25, 0.3) is 11.8 Å². The zero-order valence-corrected chi connectivity index (χ0v) is 14.5. The number of carbonyl (C=O) groups is 1. The first-order valence-electron chi connectivity index (χ1n) is 8.02. The average Bonchev–Trinajstić information content (AvgIpc) is 3.21. The van der Waals surface area contributed by atoms with Crippen molar-refractivity contribution in [1.29, 1.82) is 0 Å². The molecule has 0 spiro atoms. The van der Waals surface area contributed by atoms with Gasteiger partial charge in [0.25, 0.3) is 0 Å². The summed E-state index contributed by atoms with van der Waals surface area (Å²) in [6.07, 6.45) is 4.79. The van der Waals surface area contributed by atoms with Crippen molar-refractivity contribution < 1.29 is 18.7 Å². The summed E-state index contributed by atoms with van der Waals surface area (Å²) in [6.45, 7) is 2.75. The number of nitrogens with zero attached hydrogens (tertiary/aromatic N) is 2. The van der Waals surface area contributed by atoms with E-state index in [0.29, 0.717) is 22.1 Å². The van der Waals surface area contributed by atoms with Gasteiger partial charge in [-0.15, -0.1) is 0 Å². The fourth-order valence-corrected chi connectivity index (χ4v) is 2.94. The zero-order valence-electron chi connectivity index (χ0n) is 13.7. The Morgan fingerprint density at radius 2 is 2.24 bits per heavy atom. The molecule has 0 radical (unpaired) electrons. The minimum atomic E-state index is -0.458. The highest BCUT2D eigenvalue weighted by atomic mass is 35.5. The number of carbonyl (C=O) groups excluding carboxylic acids is 1. The Bertz CT molecular complexity index is 780. The van der Waals surface area contributed by atoms with Crippen LogP contribution < -0.4 is 0 Å². The predicted octanol–water partition coefficient (Wildman–Crippen LogP) is 3.71. The summed E-state index contributed by atoms with van der Waals surface area (Å²) in [5, 5.41) is 4.68. The normalized spacial score (nSPS) is 17.3. The molecule has 1 aliphatic heterocycles. The van der Waals surface area contributed by atoms with Crippen LogP contribution in [-0.4, -0.2) is 35.1 Å². The van der Waals surface area contributed by atoms with Gasteiger partial charge in [-0.1, -0.05) is 11.6 Å². The Morgan fingerprint density at radius 1 is 1.48 bits per heavy atom. The third-order valence-corrected chi connectivity index (χ3v) is 4.30. The van der Waals surface area contributed by atoms with Gasteiger partial charge in [0.15, 0.2) is 0 Å². The van der Waals surface area contributed by atoms with Crippen molar-refractivity contribution in [2.75, 3.05) is 13.2 Å². The van der Waals surface area contributed by atoms with Gasteiger partial charge in [0, 0.05) is 18.2 Å². The molecule has 1 unspecified atom stereocenters. The smallest absolute Gasteiger partial charge is 0.330 e. The van der Waals surface area contributed by atoms with Crippen molar-refractivity contribution in [3.05, 3.63) is 52.6 Å². The monoisotopic (exact) mass is 364 g/mol. The van der Waals surface area contributed by atoms with Gasteiger partial charge in [-0.3, -0.25) is 0 Å². The highest BCUT2D eigenvalue weighted by Gasteiger charge is 2.17. The second kappa shape index (κ2) is 7.80. The molecule has 0 saturated carbocycles. The van der Waals surface area contributed by atoms with Gasteiger partial charge in [0.1, 0.15) is 17.6 Å². The van der Waals surface area contributed by atoms with Gasteiger partial charge >= 0.3 is 5.97 Å². The molecule has 0 aliphatic carbocycles. The molecule has 1 aromatic carbocycles. The molecule has 132 valence electrons. The van der Waals surface area contributed by atoms with E-state index in [1.807, 2.05) is 0 Å². The highest BCUT2D eigenvalue weighted by molar-refractivity contribution is 6.31. The van der Waals surface area contributed by atoms with Gasteiger partial charge in [0.05, 0.1) is 17.5 Å². The minimum absolute atomic E-state index is 0.0103. The zero-order chi connectivity index (χ0) is 17.8. The van der Waals surface area contributed by atoms with Crippen LogP contribution >= 0.6 is 11.6 Å². The fourth-order valence-electron chi connectivity index (χ4n) is 2.60. The molecule has 2 heterocycles. The molecule has 1 aromatic heterocycles. The van der Waals surface area contributed by atoms with Gasteiger partial charge in [-0.2, -0.15) is 5.10 Å². The van der Waals surface area contributed by atoms with Crippen molar-refractivity contribution in [2.45, 2.75) is 25.9 Å². The van der Waals surface area contributed by atoms with E-state index in [9.17, 15) is 9.18 Å². The third-order valence-electron chi connectivity index (χ3n) is 3.94. The van der Waals surface area contributed by atoms with Crippen molar-refractivity contribution in [1.82, 2.24) is 9.78 Å². The van der Waals surface area contributed by atoms with Crippen molar-refractivity contribution in [2.24, 2.45) is 0 Å². The summed E-state index contributed by atoms with van der Waals surface area (Å²) in [7, 11) is 0. The number of halogens is 2. The van der Waals surface area contributed by atoms with Crippen LogP contribution in [0.4, 0.5) is 4.39 Å². The molecule has 2 aromatic rings. The molecule has 0 bridgehead atoms. The van der Waals surface area contributed by atoms with Gasteiger partial charge in [-0.05, 0) is 50.1 Å². The van der Waals surface area contributed by atoms with E-state index in [-0.39, 0.29) is 18.5 Å². The summed E-state index contributed by atoms with van der Waals surface area (Å²) < 4.78 is 25.1. The maximum atomic E-state index is 13.0. The van der Waals surface area contributed by atoms with Crippen molar-refractivity contribution >= 4 is 23.6 Å². The van der Waals surface area contributed by atoms with E-state index in [2.05, 4.69) is 5.10 Å². The van der Waals surface area contributed by atoms with E-state index >= 15 is 0 Å². The first kappa shape index (κ1) is 17.6. The second-order valence-corrected chi connectivity index (χ2v) is 6.13. The van der Waals surface area contributed by atoms with E-state index in [1.165, 1.54) is 22.9 Å². The molecule has 0 amide bonds. The standard InChI is InChI=1S/C18H18ClFN2O3/c1-12-16(8-9-17(23)25-11-15-3-2-10-24-15)18(19)22(21-12)14-6-4-13(20)5-7-14/h4-9,15H,2-3,10-11H2,1H3/b9-8+. The van der Waals surface area contributed by atoms with Crippen LogP contribution in [0.15, 0.2) is 30.3 Å². The second-order valence-electron chi connectivity index (χ2n) is 5.78. The molecule has 5 nitrogen and oxygen atoms in total. The van der Waals surface area contributed by atoms with E-state index < -0.39 is 5.97 Å². The summed E-state index contributed by atoms with van der Waals surface area (Å²) in [4.78, 5) is 11.8. The number of ether oxygens (including phenoxy) is 2. The Hall–Kier alpha value is -2.18. The van der Waals surface area contributed by atoms with E-state index in [1.54, 1.807) is 25.1 Å². The number of benzene rings is 1. The summed E-state index contributed by atoms with van der Waals surface area (Å²) in [5.41, 5.74) is 1.90. The van der Waals surface area contributed by atoms with Gasteiger partial charge in [0.2, 0.25) is 0 Å². The van der Waals surface area contributed by atoms with Crippen LogP contribution in [0.2, 0.25) is 5.15 Å². The molecular weight excluding hydrogens is 347 g/mol. The number of aryl methyl sites for hydroxylation is 1.